The summed E-state index contributed by atoms with van der Waals surface area (Å²) in [5, 5.41) is 4.29. The summed E-state index contributed by atoms with van der Waals surface area (Å²) in [7, 11) is 10.5. The average Bonchev–Trinajstić information content (AvgIpc) is 0.832. The fraction of sp³-hybridized carbons (Fsp3) is 0.325. The second-order valence-electron chi connectivity index (χ2n) is 22.9. The summed E-state index contributed by atoms with van der Waals surface area (Å²) >= 11 is 23.8. The van der Waals surface area contributed by atoms with Crippen LogP contribution in [0.4, 0.5) is 10.3 Å². The van der Waals surface area contributed by atoms with E-state index < -0.39 is 42.1 Å². The van der Waals surface area contributed by atoms with E-state index in [1.54, 1.807) is 113 Å². The molecule has 0 atom stereocenters. The van der Waals surface area contributed by atoms with Gasteiger partial charge in [-0.2, -0.15) is 9.97 Å². The summed E-state index contributed by atoms with van der Waals surface area (Å²) in [5.41, 5.74) is 12.2. The number of alkyl halides is 1. The molecule has 29 nitrogen and oxygen atoms in total. The average molecular weight is 1610 g/mol. The highest BCUT2D eigenvalue weighted by Gasteiger charge is 2.21. The number of nitrogens with one attached hydrogen (secondary N) is 1. The molecule has 0 spiro atoms. The monoisotopic (exact) mass is 1610 g/mol. The highest BCUT2D eigenvalue weighted by Crippen LogP contribution is 2.17. The van der Waals surface area contributed by atoms with Gasteiger partial charge in [-0.1, -0.05) is 96.4 Å². The molecule has 9 rings (SSSR count). The SMILES string of the molecule is COC(=O)C(=C/C(Cl)=C/N(C)C)C(=O)OC.COC(=O)c1cc(Cl)cn(Cc2ccccn2)c1=O.COC(=O)c1cc(Cl)cn(Cc2ccccn2)c1=O.COc1ccnc(CCCCCCCC(=O)c2cc(Cl)cn(Cc3ccccn3)c2=O)n1.COc1ccnc(NCCCCCN)n1.NCc1ccccn1.[2H]CF. The summed E-state index contributed by atoms with van der Waals surface area (Å²) in [6.45, 7) is 2.91. The molecule has 0 saturated carbocycles. The van der Waals surface area contributed by atoms with Gasteiger partial charge in [0, 0.05) is 114 Å². The lowest BCUT2D eigenvalue weighted by atomic mass is 10.0. The van der Waals surface area contributed by atoms with Crippen molar-refractivity contribution in [2.24, 2.45) is 11.5 Å². The number of methoxy groups -OCH3 is 6. The number of hydrogen-bond acceptors (Lipinski definition) is 26. The normalized spacial score (nSPS) is 10.3. The molecule has 0 aromatic carbocycles. The fourth-order valence-corrected chi connectivity index (χ4v) is 10.2. The van der Waals surface area contributed by atoms with Gasteiger partial charge in [-0.15, -0.1) is 0 Å². The summed E-state index contributed by atoms with van der Waals surface area (Å²) < 4.78 is 47.7. The van der Waals surface area contributed by atoms with Crippen molar-refractivity contribution >= 4 is 82.0 Å². The fourth-order valence-electron chi connectivity index (χ4n) is 9.26. The quantitative estimate of drug-likeness (QED) is 0.00550. The number of halogens is 5. The molecule has 0 saturated heterocycles. The molecular formula is C77H92Cl4FN15O14. The van der Waals surface area contributed by atoms with Crippen LogP contribution in [0.5, 0.6) is 11.8 Å². The van der Waals surface area contributed by atoms with Crippen molar-refractivity contribution in [3.63, 3.8) is 0 Å². The summed E-state index contributed by atoms with van der Waals surface area (Å²) in [6.07, 6.45) is 26.3. The number of ether oxygens (including phenoxy) is 6. The van der Waals surface area contributed by atoms with Crippen molar-refractivity contribution < 1.29 is 58.2 Å². The lowest BCUT2D eigenvalue weighted by molar-refractivity contribution is -0.144. The molecule has 9 heterocycles. The van der Waals surface area contributed by atoms with Crippen LogP contribution in [0.2, 0.25) is 15.1 Å². The van der Waals surface area contributed by atoms with Crippen LogP contribution in [0.15, 0.2) is 196 Å². The first-order chi connectivity index (χ1) is 53.9. The molecule has 0 aliphatic rings. The maximum atomic E-state index is 12.8. The van der Waals surface area contributed by atoms with Crippen molar-refractivity contribution in [1.29, 1.82) is 0 Å². The number of ketones is 1. The predicted octanol–water partition coefficient (Wildman–Crippen LogP) is 11.0. The number of rotatable bonds is 30. The molecule has 111 heavy (non-hydrogen) atoms. The third kappa shape index (κ3) is 36.3. The van der Waals surface area contributed by atoms with Gasteiger partial charge in [0.2, 0.25) is 17.7 Å². The van der Waals surface area contributed by atoms with Crippen molar-refractivity contribution in [2.45, 2.75) is 90.4 Å². The second-order valence-corrected chi connectivity index (χ2v) is 24.7. The van der Waals surface area contributed by atoms with Crippen molar-refractivity contribution in [3.05, 3.63) is 273 Å². The number of esters is 4. The number of nitrogens with two attached hydrogens (primary N) is 2. The zero-order valence-corrected chi connectivity index (χ0v) is 65.8. The van der Waals surface area contributed by atoms with Crippen LogP contribution in [0.1, 0.15) is 119 Å². The van der Waals surface area contributed by atoms with E-state index >= 15 is 0 Å². The van der Waals surface area contributed by atoms with Gasteiger partial charge in [0.15, 0.2) is 5.78 Å². The smallest absolute Gasteiger partial charge is 0.345 e. The van der Waals surface area contributed by atoms with Gasteiger partial charge in [0.1, 0.15) is 22.5 Å². The molecule has 0 fully saturated rings. The first-order valence-corrected chi connectivity index (χ1v) is 35.6. The van der Waals surface area contributed by atoms with Crippen molar-refractivity contribution in [3.8, 4) is 11.8 Å². The minimum atomic E-state index is -1.00. The zero-order valence-electron chi connectivity index (χ0n) is 63.8. The third-order valence-corrected chi connectivity index (χ3v) is 15.4. The highest BCUT2D eigenvalue weighted by molar-refractivity contribution is 6.32. The van der Waals surface area contributed by atoms with Crippen LogP contribution in [-0.2, 0) is 61.1 Å². The van der Waals surface area contributed by atoms with Crippen LogP contribution in [0.25, 0.3) is 0 Å². The Kier molecular flexibility index (Phi) is 45.2. The van der Waals surface area contributed by atoms with E-state index in [-0.39, 0.29) is 68.3 Å². The van der Waals surface area contributed by atoms with Gasteiger partial charge >= 0.3 is 23.9 Å². The van der Waals surface area contributed by atoms with Crippen LogP contribution < -0.4 is 42.9 Å². The Bertz CT molecular complexity index is 4440. The number of pyridine rings is 7. The lowest BCUT2D eigenvalue weighted by Crippen LogP contribution is -2.27. The summed E-state index contributed by atoms with van der Waals surface area (Å²) in [5.74, 6) is -0.622. The van der Waals surface area contributed by atoms with E-state index in [1.807, 2.05) is 48.5 Å². The minimum Gasteiger partial charge on any atom is -0.481 e. The number of carbonyl (C=O) groups is 5. The highest BCUT2D eigenvalue weighted by atomic mass is 35.5. The molecule has 5 N–H and O–H groups in total. The molecule has 0 bridgehead atoms. The number of nitrogens with zero attached hydrogens (tertiary/aromatic N) is 12. The van der Waals surface area contributed by atoms with Gasteiger partial charge in [0.05, 0.1) is 119 Å². The van der Waals surface area contributed by atoms with E-state index in [4.69, 9.17) is 68.7 Å². The van der Waals surface area contributed by atoms with E-state index in [0.29, 0.717) is 47.1 Å². The molecule has 9 aromatic rings. The molecule has 0 amide bonds. The number of allylic oxidation sites excluding steroid dienone is 2. The third-order valence-electron chi connectivity index (χ3n) is 14.6. The number of hydrogen-bond donors (Lipinski definition) is 3. The summed E-state index contributed by atoms with van der Waals surface area (Å²) in [6, 6.07) is 29.5. The van der Waals surface area contributed by atoms with E-state index in [2.05, 4.69) is 64.1 Å². The van der Waals surface area contributed by atoms with Gasteiger partial charge in [0.25, 0.3) is 16.7 Å². The van der Waals surface area contributed by atoms with Crippen molar-refractivity contribution in [2.75, 3.05) is 82.3 Å². The topological polar surface area (TPSA) is 377 Å². The molecule has 34 heteroatoms. The first kappa shape index (κ1) is 92.2. The molecule has 9 aromatic heterocycles. The number of aryl methyl sites for hydroxylation is 1. The molecule has 0 radical (unpaired) electrons. The lowest BCUT2D eigenvalue weighted by Gasteiger charge is -2.09. The Morgan fingerprint density at radius 2 is 0.946 bits per heavy atom. The molecule has 594 valence electrons. The van der Waals surface area contributed by atoms with Crippen molar-refractivity contribution in [1.82, 2.24) is 58.5 Å². The van der Waals surface area contributed by atoms with Gasteiger partial charge in [-0.25, -0.2) is 29.1 Å². The van der Waals surface area contributed by atoms with Gasteiger partial charge in [-0.3, -0.25) is 43.5 Å². The molecule has 0 unspecified atom stereocenters. The zero-order chi connectivity index (χ0) is 82.6. The first-order valence-electron chi connectivity index (χ1n) is 34.8. The minimum absolute atomic E-state index is 0.0917. The Morgan fingerprint density at radius 3 is 1.35 bits per heavy atom. The largest absolute Gasteiger partial charge is 0.481 e. The predicted molar refractivity (Wildman–Crippen MR) is 423 cm³/mol. The number of anilines is 1. The second kappa shape index (κ2) is 54.4. The Labute approximate surface area is 664 Å². The van der Waals surface area contributed by atoms with Gasteiger partial charge < -0.3 is 63.8 Å². The number of carbonyl (C=O) groups excluding carboxylic acids is 5. The van der Waals surface area contributed by atoms with E-state index in [9.17, 15) is 42.7 Å². The standard InChI is InChI=1S/C24H27ClN4O3.2C13H11ClN2O3.C10H14ClNO4.C10H18N4O.C6H8N2.CH3F/c1-32-23-12-14-27-22(28-23)11-6-4-2-3-5-10-21(30)20-15-18(25)16-29(24(20)31)17-19-9-7-8-13-26-19;2*1-19-13(18)11-6-9(14)7-16(12(11)17)8-10-4-2-3-5-15-10;1-12(2)6-7(11)5-8(9(13)15-3)10(14)16-4;1-15-9-5-8-13-10(14-9)12-7-4-2-3-6-11;7-5-6-3-1-2-4-8-6;1-2/h7-9,12-16H,2-6,10-11,17H2,1H3;2*2-7H,8H2,1H3;5-6H,1-4H3;5,8H,2-4,6-7,11H2,1H3,(H,12,13,14);1-4H,5,7H2;1H3/b;;;7-6-;;;/i;;;;;;1D. The Hall–Kier alpha value is -11.2. The van der Waals surface area contributed by atoms with E-state index in [0.717, 1.165) is 88.1 Å². The van der Waals surface area contributed by atoms with Gasteiger partial charge in [-0.05, 0) is 105 Å². The molecule has 0 aliphatic carbocycles. The Morgan fingerprint density at radius 1 is 0.532 bits per heavy atom. The van der Waals surface area contributed by atoms with Crippen LogP contribution in [0.3, 0.4) is 0 Å². The maximum absolute atomic E-state index is 12.8. The number of aromatic nitrogens is 11. The van der Waals surface area contributed by atoms with Crippen LogP contribution in [0, 0.1) is 0 Å². The van der Waals surface area contributed by atoms with Crippen LogP contribution >= 0.6 is 46.4 Å². The molecule has 0 aliphatic heterocycles. The van der Waals surface area contributed by atoms with Crippen LogP contribution in [-0.4, -0.2) is 165 Å². The summed E-state index contributed by atoms with van der Waals surface area (Å²) in [4.78, 5) is 130. The van der Waals surface area contributed by atoms with E-state index in [1.165, 1.54) is 85.0 Å². The molecular weight excluding hydrogens is 1520 g/mol. The number of unbranched alkanes of at least 4 members (excludes halogenated alkanes) is 6. The maximum Gasteiger partial charge on any atom is 0.345 e. The Balaban J connectivity index is 0.000000359. The number of Topliss-reactive ketones (excluding diaryl/α,β-unsaturated/α-hetero) is 1.